The number of anilines is 6. The van der Waals surface area contributed by atoms with E-state index in [-0.39, 0.29) is 0 Å². The van der Waals surface area contributed by atoms with Crippen LogP contribution < -0.4 is 26.6 Å². The fourth-order valence-electron chi connectivity index (χ4n) is 3.89. The van der Waals surface area contributed by atoms with Crippen molar-refractivity contribution in [2.75, 3.05) is 68.8 Å². The predicted molar refractivity (Wildman–Crippen MR) is 158 cm³/mol. The van der Waals surface area contributed by atoms with Crippen LogP contribution in [0, 0.1) is 0 Å². The van der Waals surface area contributed by atoms with Gasteiger partial charge in [0.05, 0.1) is 32.4 Å². The van der Waals surface area contributed by atoms with Gasteiger partial charge in [-0.25, -0.2) is 4.98 Å². The van der Waals surface area contributed by atoms with Crippen LogP contribution in [0.4, 0.5) is 34.5 Å². The van der Waals surface area contributed by atoms with E-state index in [4.69, 9.17) is 5.73 Å². The van der Waals surface area contributed by atoms with Crippen LogP contribution in [0.2, 0.25) is 0 Å². The van der Waals surface area contributed by atoms with Gasteiger partial charge >= 0.3 is 0 Å². The molecule has 0 saturated heterocycles. The van der Waals surface area contributed by atoms with Gasteiger partial charge in [0, 0.05) is 44.4 Å². The van der Waals surface area contributed by atoms with Gasteiger partial charge < -0.3 is 30.7 Å². The molecule has 2 heterocycles. The maximum Gasteiger partial charge on any atom is 0.229 e. The third kappa shape index (κ3) is 6.36. The smallest absolute Gasteiger partial charge is 0.229 e. The molecule has 12 heteroatoms. The van der Waals surface area contributed by atoms with Crippen LogP contribution in [0.25, 0.3) is 11.0 Å². The van der Waals surface area contributed by atoms with E-state index in [0.717, 1.165) is 24.5 Å². The first-order valence-corrected chi connectivity index (χ1v) is 15.0. The number of nitrogens with two attached hydrogens (primary N) is 1. The Morgan fingerprint density at radius 1 is 1.00 bits per heavy atom. The van der Waals surface area contributed by atoms with Crippen molar-refractivity contribution in [2.45, 2.75) is 0 Å². The van der Waals surface area contributed by atoms with E-state index < -0.39 is 7.14 Å². The van der Waals surface area contributed by atoms with Gasteiger partial charge in [-0.3, -0.25) is 9.97 Å². The first-order valence-electron chi connectivity index (χ1n) is 11.6. The predicted octanol–water partition coefficient (Wildman–Crippen LogP) is 4.50. The monoisotopic (exact) mass is 583 g/mol. The normalized spacial score (nSPS) is 11.6. The first-order chi connectivity index (χ1) is 17.5. The van der Waals surface area contributed by atoms with Gasteiger partial charge in [-0.1, -0.05) is 0 Å². The third-order valence-electron chi connectivity index (χ3n) is 5.73. The number of rotatable bonds is 9. The molecule has 37 heavy (non-hydrogen) atoms. The maximum absolute atomic E-state index is 13.2. The molecule has 0 aliphatic rings. The summed E-state index contributed by atoms with van der Waals surface area (Å²) < 4.78 is 13.9. The van der Waals surface area contributed by atoms with Crippen molar-refractivity contribution in [3.05, 3.63) is 53.4 Å². The fourth-order valence-corrected chi connectivity index (χ4v) is 5.57. The molecular weight excluding hydrogens is 553 g/mol. The summed E-state index contributed by atoms with van der Waals surface area (Å²) in [7, 11) is 3.41. The highest BCUT2D eigenvalue weighted by molar-refractivity contribution is 9.10. The minimum absolute atomic E-state index is 0.386. The Balaban J connectivity index is 1.60. The molecule has 2 aromatic carbocycles. The molecule has 4 aromatic rings. The first kappa shape index (κ1) is 26.8. The van der Waals surface area contributed by atoms with E-state index in [2.05, 4.69) is 56.3 Å². The Morgan fingerprint density at radius 3 is 2.46 bits per heavy atom. The maximum atomic E-state index is 13.2. The summed E-state index contributed by atoms with van der Waals surface area (Å²) in [5.41, 5.74) is 10.7. The highest BCUT2D eigenvalue weighted by Crippen LogP contribution is 2.41. The molecular formula is C25H31BrN9OP. The molecule has 4 N–H and O–H groups in total. The number of aromatic nitrogens is 4. The summed E-state index contributed by atoms with van der Waals surface area (Å²) in [6, 6.07) is 9.48. The standard InChI is InChI=1S/C25H31BrN9OP/c1-34(2)12-13-35(3)21-9-6-16(14-18(21)27)31-25-30-15-17(26)24(33-25)32-20-8-7-19-22(29-11-10-28-19)23(20)37(4,5)36/h6-11,14-15H,12-13,27H2,1-5H3,(H2,30,31,32,33). The van der Waals surface area contributed by atoms with E-state index in [0.29, 0.717) is 44.0 Å². The number of benzene rings is 2. The van der Waals surface area contributed by atoms with Gasteiger partial charge in [-0.05, 0) is 73.7 Å². The van der Waals surface area contributed by atoms with Crippen LogP contribution in [-0.4, -0.2) is 72.4 Å². The molecule has 10 nitrogen and oxygen atoms in total. The molecule has 0 bridgehead atoms. The summed E-state index contributed by atoms with van der Waals surface area (Å²) in [5.74, 6) is 0.903. The SMILES string of the molecule is CN(C)CCN(C)c1ccc(Nc2ncc(Br)c(Nc3ccc4nccnc4c3P(C)(C)=O)n2)cc1N. The lowest BCUT2D eigenvalue weighted by Gasteiger charge is -2.23. The van der Waals surface area contributed by atoms with E-state index in [1.165, 1.54) is 0 Å². The summed E-state index contributed by atoms with van der Waals surface area (Å²) >= 11 is 3.52. The lowest BCUT2D eigenvalue weighted by molar-refractivity contribution is 0.416. The second-order valence-electron chi connectivity index (χ2n) is 9.38. The van der Waals surface area contributed by atoms with E-state index in [1.54, 1.807) is 31.9 Å². The average Bonchev–Trinajstić information content (AvgIpc) is 2.83. The minimum Gasteiger partial charge on any atom is -0.397 e. The number of hydrogen-bond acceptors (Lipinski definition) is 10. The molecule has 4 rings (SSSR count). The Morgan fingerprint density at radius 2 is 1.76 bits per heavy atom. The zero-order chi connectivity index (χ0) is 26.7. The van der Waals surface area contributed by atoms with Crippen molar-refractivity contribution in [1.29, 1.82) is 0 Å². The third-order valence-corrected chi connectivity index (χ3v) is 7.84. The molecule has 0 spiro atoms. The summed E-state index contributed by atoms with van der Waals surface area (Å²) in [5, 5.41) is 7.16. The molecule has 0 amide bonds. The number of halogens is 1. The van der Waals surface area contributed by atoms with Gasteiger partial charge in [-0.2, -0.15) is 4.98 Å². The molecule has 2 aromatic heterocycles. The lowest BCUT2D eigenvalue weighted by Crippen LogP contribution is -2.28. The van der Waals surface area contributed by atoms with Crippen molar-refractivity contribution in [1.82, 2.24) is 24.8 Å². The van der Waals surface area contributed by atoms with Crippen molar-refractivity contribution in [3.63, 3.8) is 0 Å². The van der Waals surface area contributed by atoms with Crippen LogP contribution in [0.3, 0.4) is 0 Å². The van der Waals surface area contributed by atoms with E-state index in [9.17, 15) is 4.57 Å². The second-order valence-corrected chi connectivity index (χ2v) is 13.4. The number of nitrogens with one attached hydrogen (secondary N) is 2. The van der Waals surface area contributed by atoms with Crippen molar-refractivity contribution < 1.29 is 4.57 Å². The summed E-state index contributed by atoms with van der Waals surface area (Å²) in [4.78, 5) is 22.1. The van der Waals surface area contributed by atoms with Gasteiger partial charge in [0.15, 0.2) is 0 Å². The topological polar surface area (TPSA) is 125 Å². The van der Waals surface area contributed by atoms with Gasteiger partial charge in [0.1, 0.15) is 18.5 Å². The average molecular weight is 584 g/mol. The van der Waals surface area contributed by atoms with Gasteiger partial charge in [-0.15, -0.1) is 0 Å². The number of fused-ring (bicyclic) bond motifs is 1. The van der Waals surface area contributed by atoms with Crippen LogP contribution in [-0.2, 0) is 4.57 Å². The summed E-state index contributed by atoms with van der Waals surface area (Å²) in [6.45, 7) is 5.22. The molecule has 0 aliphatic heterocycles. The number of hydrogen-bond donors (Lipinski definition) is 3. The summed E-state index contributed by atoms with van der Waals surface area (Å²) in [6.07, 6.45) is 4.88. The molecule has 0 radical (unpaired) electrons. The zero-order valence-electron chi connectivity index (χ0n) is 21.5. The number of likely N-dealkylation sites (N-methyl/N-ethyl adjacent to an activating group) is 2. The highest BCUT2D eigenvalue weighted by Gasteiger charge is 2.22. The number of nitrogen functional groups attached to an aromatic ring is 1. The molecule has 0 unspecified atom stereocenters. The Hall–Kier alpha value is -3.27. The molecule has 194 valence electrons. The quantitative estimate of drug-likeness (QED) is 0.191. The van der Waals surface area contributed by atoms with Crippen LogP contribution >= 0.6 is 23.1 Å². The Labute approximate surface area is 225 Å². The van der Waals surface area contributed by atoms with Gasteiger partial charge in [0.2, 0.25) is 5.95 Å². The van der Waals surface area contributed by atoms with Crippen LogP contribution in [0.1, 0.15) is 0 Å². The van der Waals surface area contributed by atoms with E-state index >= 15 is 0 Å². The molecule has 0 saturated carbocycles. The van der Waals surface area contributed by atoms with Crippen molar-refractivity contribution >= 4 is 73.9 Å². The largest absolute Gasteiger partial charge is 0.397 e. The number of nitrogens with zero attached hydrogens (tertiary/aromatic N) is 6. The Kier molecular flexibility index (Phi) is 7.96. The Bertz CT molecular complexity index is 1470. The lowest BCUT2D eigenvalue weighted by atomic mass is 10.2. The van der Waals surface area contributed by atoms with E-state index in [1.807, 2.05) is 51.5 Å². The fraction of sp³-hybridized carbons (Fsp3) is 0.280. The van der Waals surface area contributed by atoms with Gasteiger partial charge in [0.25, 0.3) is 0 Å². The molecule has 0 fully saturated rings. The van der Waals surface area contributed by atoms with Crippen LogP contribution in [0.5, 0.6) is 0 Å². The minimum atomic E-state index is -2.71. The highest BCUT2D eigenvalue weighted by atomic mass is 79.9. The van der Waals surface area contributed by atoms with Crippen molar-refractivity contribution in [2.24, 2.45) is 0 Å². The zero-order valence-corrected chi connectivity index (χ0v) is 24.0. The van der Waals surface area contributed by atoms with Crippen molar-refractivity contribution in [3.8, 4) is 0 Å². The second kappa shape index (κ2) is 11.0. The van der Waals surface area contributed by atoms with Crippen LogP contribution in [0.15, 0.2) is 53.4 Å². The molecule has 0 atom stereocenters. The molecule has 0 aliphatic carbocycles.